The van der Waals surface area contributed by atoms with E-state index in [-0.39, 0.29) is 11.8 Å². The first-order chi connectivity index (χ1) is 9.11. The molecule has 5 nitrogen and oxygen atoms in total. The third kappa shape index (κ3) is 2.76. The number of aromatic nitrogens is 2. The molecule has 0 radical (unpaired) electrons. The van der Waals surface area contributed by atoms with E-state index in [4.69, 9.17) is 10.5 Å². The van der Waals surface area contributed by atoms with Gasteiger partial charge in [0.25, 0.3) is 0 Å². The Morgan fingerprint density at radius 2 is 2.00 bits per heavy atom. The smallest absolute Gasteiger partial charge is 0.316 e. The molecule has 5 heteroatoms. The molecule has 1 aliphatic rings. The van der Waals surface area contributed by atoms with Crippen LogP contribution in [0.1, 0.15) is 43.0 Å². The molecule has 0 aromatic carbocycles. The minimum atomic E-state index is -0.426. The molecule has 104 valence electrons. The summed E-state index contributed by atoms with van der Waals surface area (Å²) in [4.78, 5) is 20.7. The minimum Gasteiger partial charge on any atom is -0.467 e. The van der Waals surface area contributed by atoms with Gasteiger partial charge in [-0.3, -0.25) is 4.79 Å². The van der Waals surface area contributed by atoms with Gasteiger partial charge in [0.2, 0.25) is 0 Å². The van der Waals surface area contributed by atoms with Crippen molar-refractivity contribution in [1.29, 1.82) is 0 Å². The molecule has 0 atom stereocenters. The minimum absolute atomic E-state index is 0.0737. The van der Waals surface area contributed by atoms with Crippen molar-refractivity contribution in [2.24, 2.45) is 17.1 Å². The SMILES string of the molecule is COc1ncc(C(=O)C2(CN)CCC(C)CC2)cn1. The van der Waals surface area contributed by atoms with Crippen LogP contribution in [-0.4, -0.2) is 29.4 Å². The number of nitrogens with zero attached hydrogens (tertiary/aromatic N) is 2. The Hall–Kier alpha value is -1.49. The fourth-order valence-electron chi connectivity index (χ4n) is 2.68. The molecule has 1 heterocycles. The van der Waals surface area contributed by atoms with E-state index in [9.17, 15) is 4.79 Å². The Morgan fingerprint density at radius 3 is 2.47 bits per heavy atom. The highest BCUT2D eigenvalue weighted by molar-refractivity contribution is 6.00. The molecule has 0 amide bonds. The summed E-state index contributed by atoms with van der Waals surface area (Å²) in [5, 5.41) is 0. The molecule has 1 fully saturated rings. The van der Waals surface area contributed by atoms with Crippen LogP contribution in [0, 0.1) is 11.3 Å². The number of carbonyl (C=O) groups excluding carboxylic acids is 1. The lowest BCUT2D eigenvalue weighted by Crippen LogP contribution is -2.41. The predicted molar refractivity (Wildman–Crippen MR) is 72.0 cm³/mol. The summed E-state index contributed by atoms with van der Waals surface area (Å²) in [6, 6.07) is 0.274. The number of Topliss-reactive ketones (excluding diaryl/α,β-unsaturated/α-hetero) is 1. The number of hydrogen-bond donors (Lipinski definition) is 1. The maximum Gasteiger partial charge on any atom is 0.316 e. The summed E-state index contributed by atoms with van der Waals surface area (Å²) in [5.41, 5.74) is 5.99. The van der Waals surface area contributed by atoms with Gasteiger partial charge in [-0.2, -0.15) is 0 Å². The monoisotopic (exact) mass is 263 g/mol. The number of ketones is 1. The first-order valence-corrected chi connectivity index (χ1v) is 6.72. The first-order valence-electron chi connectivity index (χ1n) is 6.72. The molecule has 0 aliphatic heterocycles. The standard InChI is InChI=1S/C14H21N3O2/c1-10-3-5-14(9-15,6-4-10)12(18)11-7-16-13(19-2)17-8-11/h7-8,10H,3-6,9,15H2,1-2H3. The Morgan fingerprint density at radius 1 is 1.42 bits per heavy atom. The summed E-state index contributed by atoms with van der Waals surface area (Å²) < 4.78 is 4.90. The van der Waals surface area contributed by atoms with E-state index in [1.54, 1.807) is 0 Å². The van der Waals surface area contributed by atoms with E-state index >= 15 is 0 Å². The van der Waals surface area contributed by atoms with Crippen molar-refractivity contribution in [2.45, 2.75) is 32.6 Å². The van der Waals surface area contributed by atoms with Crippen LogP contribution in [0.15, 0.2) is 12.4 Å². The fraction of sp³-hybridized carbons (Fsp3) is 0.643. The van der Waals surface area contributed by atoms with Gasteiger partial charge >= 0.3 is 6.01 Å². The number of methoxy groups -OCH3 is 1. The van der Waals surface area contributed by atoms with Crippen molar-refractivity contribution < 1.29 is 9.53 Å². The number of carbonyl (C=O) groups is 1. The summed E-state index contributed by atoms with van der Waals surface area (Å²) >= 11 is 0. The van der Waals surface area contributed by atoms with Crippen LogP contribution in [-0.2, 0) is 0 Å². The maximum atomic E-state index is 12.7. The predicted octanol–water partition coefficient (Wildman–Crippen LogP) is 1.82. The van der Waals surface area contributed by atoms with Crippen LogP contribution in [0.4, 0.5) is 0 Å². The van der Waals surface area contributed by atoms with E-state index in [0.717, 1.165) is 25.7 Å². The highest BCUT2D eigenvalue weighted by Crippen LogP contribution is 2.40. The van der Waals surface area contributed by atoms with Crippen LogP contribution in [0.3, 0.4) is 0 Å². The number of nitrogens with two attached hydrogens (primary N) is 1. The van der Waals surface area contributed by atoms with Gasteiger partial charge < -0.3 is 10.5 Å². The van der Waals surface area contributed by atoms with Gasteiger partial charge in [0, 0.05) is 24.4 Å². The molecule has 1 saturated carbocycles. The molecular weight excluding hydrogens is 242 g/mol. The average molecular weight is 263 g/mol. The maximum absolute atomic E-state index is 12.7. The zero-order chi connectivity index (χ0) is 13.9. The lowest BCUT2D eigenvalue weighted by molar-refractivity contribution is 0.0694. The molecule has 0 bridgehead atoms. The topological polar surface area (TPSA) is 78.1 Å². The molecule has 0 spiro atoms. The van der Waals surface area contributed by atoms with Crippen LogP contribution >= 0.6 is 0 Å². The van der Waals surface area contributed by atoms with Crippen molar-refractivity contribution in [3.8, 4) is 6.01 Å². The summed E-state index contributed by atoms with van der Waals surface area (Å²) in [5.74, 6) is 0.754. The molecule has 0 saturated heterocycles. The highest BCUT2D eigenvalue weighted by atomic mass is 16.5. The second kappa shape index (κ2) is 5.65. The Balaban J connectivity index is 2.20. The van der Waals surface area contributed by atoms with Crippen molar-refractivity contribution in [1.82, 2.24) is 9.97 Å². The molecule has 1 aromatic heterocycles. The Kier molecular flexibility index (Phi) is 4.14. The second-order valence-corrected chi connectivity index (χ2v) is 5.45. The lowest BCUT2D eigenvalue weighted by atomic mass is 9.67. The lowest BCUT2D eigenvalue weighted by Gasteiger charge is -2.37. The highest BCUT2D eigenvalue weighted by Gasteiger charge is 2.40. The van der Waals surface area contributed by atoms with Crippen LogP contribution in [0.25, 0.3) is 0 Å². The molecule has 1 aliphatic carbocycles. The van der Waals surface area contributed by atoms with Gasteiger partial charge in [-0.25, -0.2) is 9.97 Å². The molecule has 1 aromatic rings. The summed E-state index contributed by atoms with van der Waals surface area (Å²) in [6.45, 7) is 2.62. The normalized spacial score (nSPS) is 27.0. The van der Waals surface area contributed by atoms with Crippen LogP contribution < -0.4 is 10.5 Å². The van der Waals surface area contributed by atoms with Gasteiger partial charge in [0.1, 0.15) is 0 Å². The molecule has 2 N–H and O–H groups in total. The third-order valence-corrected chi connectivity index (χ3v) is 4.18. The van der Waals surface area contributed by atoms with Crippen molar-refractivity contribution in [2.75, 3.05) is 13.7 Å². The largest absolute Gasteiger partial charge is 0.467 e. The number of rotatable bonds is 4. The Labute approximate surface area is 113 Å². The second-order valence-electron chi connectivity index (χ2n) is 5.45. The van der Waals surface area contributed by atoms with Crippen molar-refractivity contribution in [3.63, 3.8) is 0 Å². The van der Waals surface area contributed by atoms with E-state index in [2.05, 4.69) is 16.9 Å². The number of ether oxygens (including phenoxy) is 1. The van der Waals surface area contributed by atoms with Crippen molar-refractivity contribution >= 4 is 5.78 Å². The van der Waals surface area contributed by atoms with Crippen LogP contribution in [0.2, 0.25) is 0 Å². The van der Waals surface area contributed by atoms with Gasteiger partial charge in [-0.05, 0) is 31.6 Å². The molecule has 2 rings (SSSR count). The van der Waals surface area contributed by atoms with Gasteiger partial charge in [0.15, 0.2) is 5.78 Å². The van der Waals surface area contributed by atoms with E-state index in [0.29, 0.717) is 18.0 Å². The number of hydrogen-bond acceptors (Lipinski definition) is 5. The molecule has 0 unspecified atom stereocenters. The fourth-order valence-corrected chi connectivity index (χ4v) is 2.68. The zero-order valence-electron chi connectivity index (χ0n) is 11.6. The summed E-state index contributed by atoms with van der Waals surface area (Å²) in [6.07, 6.45) is 6.89. The third-order valence-electron chi connectivity index (χ3n) is 4.18. The quantitative estimate of drug-likeness (QED) is 0.838. The zero-order valence-corrected chi connectivity index (χ0v) is 11.6. The average Bonchev–Trinajstić information content (AvgIpc) is 2.48. The molecule has 19 heavy (non-hydrogen) atoms. The molecular formula is C14H21N3O2. The van der Waals surface area contributed by atoms with Gasteiger partial charge in [0.05, 0.1) is 12.7 Å². The van der Waals surface area contributed by atoms with Gasteiger partial charge in [-0.15, -0.1) is 0 Å². The van der Waals surface area contributed by atoms with Gasteiger partial charge in [-0.1, -0.05) is 6.92 Å². The van der Waals surface area contributed by atoms with Crippen molar-refractivity contribution in [3.05, 3.63) is 18.0 Å². The first kappa shape index (κ1) is 13.9. The Bertz CT molecular complexity index is 437. The summed E-state index contributed by atoms with van der Waals surface area (Å²) in [7, 11) is 1.50. The van der Waals surface area contributed by atoms with E-state index in [1.165, 1.54) is 19.5 Å². The van der Waals surface area contributed by atoms with Crippen LogP contribution in [0.5, 0.6) is 6.01 Å². The van der Waals surface area contributed by atoms with E-state index < -0.39 is 5.41 Å². The van der Waals surface area contributed by atoms with E-state index in [1.807, 2.05) is 0 Å².